The molecule has 0 bridgehead atoms. The van der Waals surface area contributed by atoms with E-state index in [0.29, 0.717) is 21.9 Å². The van der Waals surface area contributed by atoms with E-state index < -0.39 is 11.8 Å². The number of aryl methyl sites for hydroxylation is 1. The number of carbonyl (C=O) groups excluding carboxylic acids is 2. The molecule has 0 heterocycles. The largest absolute Gasteiger partial charge is 0.496 e. The Hall–Kier alpha value is -2.53. The van der Waals surface area contributed by atoms with Crippen molar-refractivity contribution in [3.63, 3.8) is 0 Å². The van der Waals surface area contributed by atoms with Crippen molar-refractivity contribution in [1.29, 1.82) is 0 Å². The van der Waals surface area contributed by atoms with E-state index in [9.17, 15) is 9.59 Å². The summed E-state index contributed by atoms with van der Waals surface area (Å²) in [6.45, 7) is 1.88. The molecule has 22 heavy (non-hydrogen) atoms. The molecule has 114 valence electrons. The molecule has 0 atom stereocenters. The van der Waals surface area contributed by atoms with E-state index in [-0.39, 0.29) is 0 Å². The van der Waals surface area contributed by atoms with Crippen LogP contribution in [0.1, 0.15) is 26.3 Å². The topological polar surface area (TPSA) is 67.4 Å². The number of rotatable bonds is 3. The van der Waals surface area contributed by atoms with Crippen molar-refractivity contribution < 1.29 is 14.3 Å². The number of methoxy groups -OCH3 is 1. The monoisotopic (exact) mass is 318 g/mol. The van der Waals surface area contributed by atoms with Crippen LogP contribution in [-0.2, 0) is 0 Å². The van der Waals surface area contributed by atoms with Gasteiger partial charge in [0.05, 0.1) is 7.11 Å². The van der Waals surface area contributed by atoms with Crippen molar-refractivity contribution >= 4 is 23.4 Å². The van der Waals surface area contributed by atoms with Crippen LogP contribution in [0.15, 0.2) is 42.5 Å². The Morgan fingerprint density at radius 3 is 2.23 bits per heavy atom. The molecule has 2 amide bonds. The fraction of sp³-hybridized carbons (Fsp3) is 0.125. The van der Waals surface area contributed by atoms with Gasteiger partial charge in [0.15, 0.2) is 0 Å². The summed E-state index contributed by atoms with van der Waals surface area (Å²) in [7, 11) is 1.53. The van der Waals surface area contributed by atoms with Gasteiger partial charge in [0.25, 0.3) is 11.8 Å². The number of carbonyl (C=O) groups is 2. The third-order valence-electron chi connectivity index (χ3n) is 3.05. The van der Waals surface area contributed by atoms with E-state index in [2.05, 4.69) is 10.9 Å². The zero-order valence-electron chi connectivity index (χ0n) is 12.1. The van der Waals surface area contributed by atoms with Gasteiger partial charge in [-0.05, 0) is 42.8 Å². The maximum atomic E-state index is 12.0. The second-order valence-corrected chi connectivity index (χ2v) is 5.04. The second kappa shape index (κ2) is 6.95. The van der Waals surface area contributed by atoms with Crippen molar-refractivity contribution in [2.24, 2.45) is 0 Å². The predicted molar refractivity (Wildman–Crippen MR) is 84.1 cm³/mol. The molecule has 0 unspecified atom stereocenters. The molecular weight excluding hydrogens is 304 g/mol. The zero-order chi connectivity index (χ0) is 16.1. The lowest BCUT2D eigenvalue weighted by Crippen LogP contribution is -2.41. The smallest absolute Gasteiger partial charge is 0.269 e. The summed E-state index contributed by atoms with van der Waals surface area (Å²) in [5.74, 6) is -0.280. The molecule has 0 aliphatic heterocycles. The van der Waals surface area contributed by atoms with Gasteiger partial charge in [-0.15, -0.1) is 0 Å². The van der Waals surface area contributed by atoms with Gasteiger partial charge in [0.1, 0.15) is 5.75 Å². The summed E-state index contributed by atoms with van der Waals surface area (Å²) in [5, 5.41) is 0.447. The number of hydrogen-bond donors (Lipinski definition) is 2. The van der Waals surface area contributed by atoms with Gasteiger partial charge in [-0.1, -0.05) is 23.7 Å². The van der Waals surface area contributed by atoms with Gasteiger partial charge in [0, 0.05) is 16.1 Å². The Bertz CT molecular complexity index is 716. The maximum Gasteiger partial charge on any atom is 0.269 e. The van der Waals surface area contributed by atoms with Crippen molar-refractivity contribution in [2.45, 2.75) is 6.92 Å². The average Bonchev–Trinajstić information content (AvgIpc) is 2.52. The normalized spacial score (nSPS) is 9.95. The highest BCUT2D eigenvalue weighted by Gasteiger charge is 2.11. The first-order valence-corrected chi connectivity index (χ1v) is 6.90. The third-order valence-corrected chi connectivity index (χ3v) is 3.28. The predicted octanol–water partition coefficient (Wildman–Crippen LogP) is 2.73. The van der Waals surface area contributed by atoms with Crippen molar-refractivity contribution in [1.82, 2.24) is 10.9 Å². The molecule has 2 aromatic rings. The molecule has 0 aromatic heterocycles. The van der Waals surface area contributed by atoms with Crippen LogP contribution in [0.2, 0.25) is 5.02 Å². The second-order valence-electron chi connectivity index (χ2n) is 4.60. The Morgan fingerprint density at radius 2 is 1.64 bits per heavy atom. The number of nitrogens with one attached hydrogen (secondary N) is 2. The van der Waals surface area contributed by atoms with E-state index in [4.69, 9.17) is 16.3 Å². The van der Waals surface area contributed by atoms with Crippen molar-refractivity contribution in [3.8, 4) is 5.75 Å². The third kappa shape index (κ3) is 3.77. The quantitative estimate of drug-likeness (QED) is 0.855. The van der Waals surface area contributed by atoms with Gasteiger partial charge in [-0.2, -0.15) is 0 Å². The summed E-state index contributed by atoms with van der Waals surface area (Å²) < 4.78 is 5.16. The number of benzene rings is 2. The number of hydrazine groups is 1. The number of ether oxygens (including phenoxy) is 1. The van der Waals surface area contributed by atoms with Crippen molar-refractivity contribution in [3.05, 3.63) is 64.2 Å². The molecule has 5 nitrogen and oxygen atoms in total. The highest BCUT2D eigenvalue weighted by molar-refractivity contribution is 6.30. The molecule has 0 saturated heterocycles. The molecule has 2 aromatic carbocycles. The summed E-state index contributed by atoms with van der Waals surface area (Å²) in [4.78, 5) is 23.9. The van der Waals surface area contributed by atoms with Crippen LogP contribution in [-0.4, -0.2) is 18.9 Å². The molecule has 0 fully saturated rings. The molecule has 6 heteroatoms. The first kappa shape index (κ1) is 15.9. The summed E-state index contributed by atoms with van der Waals surface area (Å²) in [6, 6.07) is 11.5. The van der Waals surface area contributed by atoms with Crippen LogP contribution in [0.3, 0.4) is 0 Å². The molecular formula is C16H15ClN2O3. The highest BCUT2D eigenvalue weighted by Crippen LogP contribution is 2.18. The minimum atomic E-state index is -0.449. The van der Waals surface area contributed by atoms with Gasteiger partial charge in [0.2, 0.25) is 0 Å². The number of hydrogen-bond acceptors (Lipinski definition) is 3. The fourth-order valence-electron chi connectivity index (χ4n) is 1.85. The minimum absolute atomic E-state index is 0.356. The van der Waals surface area contributed by atoms with E-state index in [0.717, 1.165) is 5.56 Å². The van der Waals surface area contributed by atoms with E-state index >= 15 is 0 Å². The Morgan fingerprint density at radius 1 is 1.00 bits per heavy atom. The van der Waals surface area contributed by atoms with Crippen LogP contribution in [0.5, 0.6) is 5.75 Å². The van der Waals surface area contributed by atoms with Gasteiger partial charge < -0.3 is 4.74 Å². The summed E-state index contributed by atoms with van der Waals surface area (Å²) in [6.07, 6.45) is 0. The molecule has 0 saturated carbocycles. The zero-order valence-corrected chi connectivity index (χ0v) is 12.9. The Balaban J connectivity index is 2.02. The summed E-state index contributed by atoms with van der Waals surface area (Å²) >= 11 is 5.81. The van der Waals surface area contributed by atoms with Gasteiger partial charge in [-0.25, -0.2) is 0 Å². The van der Waals surface area contributed by atoms with E-state index in [1.54, 1.807) is 36.4 Å². The summed E-state index contributed by atoms with van der Waals surface area (Å²) in [5.41, 5.74) is 6.35. The Labute approximate surface area is 133 Å². The van der Waals surface area contributed by atoms with Crippen LogP contribution >= 0.6 is 11.6 Å². The van der Waals surface area contributed by atoms with Crippen molar-refractivity contribution in [2.75, 3.05) is 7.11 Å². The van der Waals surface area contributed by atoms with E-state index in [1.807, 2.05) is 6.92 Å². The lowest BCUT2D eigenvalue weighted by Gasteiger charge is -2.10. The molecule has 0 radical (unpaired) electrons. The minimum Gasteiger partial charge on any atom is -0.496 e. The fourth-order valence-corrected chi connectivity index (χ4v) is 2.04. The molecule has 0 aliphatic carbocycles. The average molecular weight is 319 g/mol. The molecule has 0 spiro atoms. The Kier molecular flexibility index (Phi) is 5.01. The lowest BCUT2D eigenvalue weighted by molar-refractivity contribution is 0.0846. The highest BCUT2D eigenvalue weighted by atomic mass is 35.5. The number of halogens is 1. The van der Waals surface area contributed by atoms with Crippen LogP contribution < -0.4 is 15.6 Å². The van der Waals surface area contributed by atoms with Crippen LogP contribution in [0.4, 0.5) is 0 Å². The maximum absolute atomic E-state index is 12.0. The first-order valence-electron chi connectivity index (χ1n) is 6.52. The molecule has 2 N–H and O–H groups in total. The van der Waals surface area contributed by atoms with Crippen LogP contribution in [0.25, 0.3) is 0 Å². The molecule has 2 rings (SSSR count). The van der Waals surface area contributed by atoms with Crippen LogP contribution in [0, 0.1) is 6.92 Å². The van der Waals surface area contributed by atoms with Gasteiger partial charge >= 0.3 is 0 Å². The molecule has 0 aliphatic rings. The lowest BCUT2D eigenvalue weighted by atomic mass is 10.1. The van der Waals surface area contributed by atoms with Gasteiger partial charge in [-0.3, -0.25) is 20.4 Å². The first-order chi connectivity index (χ1) is 10.5. The standard InChI is InChI=1S/C16H15ClN2O3/c1-10-6-7-12(9-14(10)22-2)16(21)19-18-15(20)11-4-3-5-13(17)8-11/h3-9H,1-2H3,(H,18,20)(H,19,21). The van der Waals surface area contributed by atoms with E-state index in [1.165, 1.54) is 13.2 Å². The number of amides is 2. The SMILES string of the molecule is COc1cc(C(=O)NNC(=O)c2cccc(Cl)c2)ccc1C.